The summed E-state index contributed by atoms with van der Waals surface area (Å²) in [5.74, 6) is -0.379. The van der Waals surface area contributed by atoms with E-state index in [4.69, 9.17) is 9.47 Å². The molecule has 1 atom stereocenters. The van der Waals surface area contributed by atoms with Gasteiger partial charge in [0.15, 0.2) is 0 Å². The molecule has 2 aliphatic rings. The number of hydrogen-bond acceptors (Lipinski definition) is 4. The zero-order valence-electron chi connectivity index (χ0n) is 13.9. The van der Waals surface area contributed by atoms with E-state index in [9.17, 15) is 9.59 Å². The fraction of sp³-hybridized carbons (Fsp3) is 0.667. The summed E-state index contributed by atoms with van der Waals surface area (Å²) in [5, 5.41) is 0. The van der Waals surface area contributed by atoms with Crippen LogP contribution in [0.1, 0.15) is 59.3 Å². The third-order valence-electron chi connectivity index (χ3n) is 4.35. The van der Waals surface area contributed by atoms with E-state index in [1.165, 1.54) is 0 Å². The number of rotatable bonds is 8. The van der Waals surface area contributed by atoms with E-state index >= 15 is 0 Å². The van der Waals surface area contributed by atoms with E-state index in [2.05, 4.69) is 6.92 Å². The molecule has 4 nitrogen and oxygen atoms in total. The van der Waals surface area contributed by atoms with Crippen LogP contribution < -0.4 is 0 Å². The standard InChI is InChI=1S/C18H26O4/c1-4-6-8-21-17(19)15-13-10-12(3)14(11-13)16(15)18(20)22-9-7-5-2/h12H,4-11H2,1-3H3. The Hall–Kier alpha value is -1.58. The van der Waals surface area contributed by atoms with Crippen LogP contribution in [0.4, 0.5) is 0 Å². The zero-order valence-corrected chi connectivity index (χ0v) is 13.9. The van der Waals surface area contributed by atoms with Crippen molar-refractivity contribution in [1.29, 1.82) is 0 Å². The number of carbonyl (C=O) groups is 2. The molecule has 122 valence electrons. The highest BCUT2D eigenvalue weighted by atomic mass is 16.5. The summed E-state index contributed by atoms with van der Waals surface area (Å²) in [5.41, 5.74) is 3.09. The molecule has 0 spiro atoms. The molecule has 2 aliphatic carbocycles. The van der Waals surface area contributed by atoms with E-state index in [1.54, 1.807) is 0 Å². The first-order chi connectivity index (χ1) is 10.6. The van der Waals surface area contributed by atoms with Gasteiger partial charge in [0.1, 0.15) is 0 Å². The highest BCUT2D eigenvalue weighted by Crippen LogP contribution is 2.48. The zero-order chi connectivity index (χ0) is 16.1. The number of carbonyl (C=O) groups excluding carboxylic acids is 2. The lowest BCUT2D eigenvalue weighted by molar-refractivity contribution is -0.142. The van der Waals surface area contributed by atoms with E-state index in [0.29, 0.717) is 30.3 Å². The van der Waals surface area contributed by atoms with Crippen molar-refractivity contribution in [2.45, 2.75) is 59.3 Å². The Morgan fingerprint density at radius 3 is 2.09 bits per heavy atom. The maximum atomic E-state index is 12.4. The van der Waals surface area contributed by atoms with Gasteiger partial charge in [0.2, 0.25) is 0 Å². The molecular weight excluding hydrogens is 280 g/mol. The van der Waals surface area contributed by atoms with Crippen LogP contribution in [0, 0.1) is 5.92 Å². The Balaban J connectivity index is 2.11. The summed E-state index contributed by atoms with van der Waals surface area (Å²) in [4.78, 5) is 24.7. The molecule has 0 aromatic heterocycles. The minimum Gasteiger partial charge on any atom is -0.462 e. The summed E-state index contributed by atoms with van der Waals surface area (Å²) in [6, 6.07) is 0. The number of hydrogen-bond donors (Lipinski definition) is 0. The molecule has 1 unspecified atom stereocenters. The fourth-order valence-electron chi connectivity index (χ4n) is 3.07. The molecule has 0 radical (unpaired) electrons. The van der Waals surface area contributed by atoms with Gasteiger partial charge >= 0.3 is 11.9 Å². The normalized spacial score (nSPS) is 19.9. The number of ether oxygens (including phenoxy) is 2. The molecule has 0 N–H and O–H groups in total. The third kappa shape index (κ3) is 3.42. The lowest BCUT2D eigenvalue weighted by atomic mass is 9.91. The largest absolute Gasteiger partial charge is 0.462 e. The molecular formula is C18H26O4. The van der Waals surface area contributed by atoms with Crippen LogP contribution >= 0.6 is 0 Å². The lowest BCUT2D eigenvalue weighted by Gasteiger charge is -2.17. The van der Waals surface area contributed by atoms with Crippen LogP contribution in [0.15, 0.2) is 22.3 Å². The SMILES string of the molecule is CCCCOC(=O)C1=C2CC(=C1C(=O)OCCCC)C(C)C2. The van der Waals surface area contributed by atoms with E-state index in [1.807, 2.05) is 13.8 Å². The van der Waals surface area contributed by atoms with E-state index in [-0.39, 0.29) is 11.9 Å². The minimum atomic E-state index is -0.354. The summed E-state index contributed by atoms with van der Waals surface area (Å²) >= 11 is 0. The Bertz CT molecular complexity index is 513. The molecule has 0 heterocycles. The van der Waals surface area contributed by atoms with E-state index < -0.39 is 0 Å². The molecule has 1 saturated carbocycles. The van der Waals surface area contributed by atoms with Gasteiger partial charge in [-0.3, -0.25) is 0 Å². The Morgan fingerprint density at radius 2 is 1.55 bits per heavy atom. The van der Waals surface area contributed by atoms with Crippen LogP contribution in [-0.4, -0.2) is 25.2 Å². The predicted molar refractivity (Wildman–Crippen MR) is 84.2 cm³/mol. The number of allylic oxidation sites excluding steroid dienone is 2. The van der Waals surface area contributed by atoms with Gasteiger partial charge in [-0.1, -0.05) is 39.2 Å². The van der Waals surface area contributed by atoms with Gasteiger partial charge in [-0.2, -0.15) is 0 Å². The average molecular weight is 306 g/mol. The van der Waals surface area contributed by atoms with Gasteiger partial charge in [-0.25, -0.2) is 9.59 Å². The average Bonchev–Trinajstić information content (AvgIpc) is 3.04. The predicted octanol–water partition coefficient (Wildman–Crippen LogP) is 3.71. The van der Waals surface area contributed by atoms with Gasteiger partial charge in [0.05, 0.1) is 24.4 Å². The van der Waals surface area contributed by atoms with Crippen molar-refractivity contribution in [2.75, 3.05) is 13.2 Å². The Labute approximate surface area is 132 Å². The number of esters is 2. The van der Waals surface area contributed by atoms with Crippen molar-refractivity contribution >= 4 is 11.9 Å². The van der Waals surface area contributed by atoms with Crippen LogP contribution in [0.3, 0.4) is 0 Å². The van der Waals surface area contributed by atoms with Crippen molar-refractivity contribution in [3.8, 4) is 0 Å². The smallest absolute Gasteiger partial charge is 0.338 e. The van der Waals surface area contributed by atoms with Crippen molar-refractivity contribution in [3.63, 3.8) is 0 Å². The first-order valence-corrected chi connectivity index (χ1v) is 8.39. The first-order valence-electron chi connectivity index (χ1n) is 8.39. The van der Waals surface area contributed by atoms with Gasteiger partial charge < -0.3 is 9.47 Å². The van der Waals surface area contributed by atoms with Crippen LogP contribution in [0.2, 0.25) is 0 Å². The summed E-state index contributed by atoms with van der Waals surface area (Å²) in [6.07, 6.45) is 5.23. The second-order valence-electron chi connectivity index (χ2n) is 6.14. The van der Waals surface area contributed by atoms with Crippen LogP contribution in [0.25, 0.3) is 0 Å². The van der Waals surface area contributed by atoms with Gasteiger partial charge in [0, 0.05) is 0 Å². The monoisotopic (exact) mass is 306 g/mol. The first kappa shape index (κ1) is 16.8. The second-order valence-corrected chi connectivity index (χ2v) is 6.14. The summed E-state index contributed by atoms with van der Waals surface area (Å²) in [7, 11) is 0. The molecule has 0 amide bonds. The molecule has 4 heteroatoms. The van der Waals surface area contributed by atoms with Crippen LogP contribution in [-0.2, 0) is 19.1 Å². The second kappa shape index (κ2) is 7.61. The van der Waals surface area contributed by atoms with Crippen LogP contribution in [0.5, 0.6) is 0 Å². The lowest BCUT2D eigenvalue weighted by Crippen LogP contribution is -2.21. The Kier molecular flexibility index (Phi) is 5.81. The molecule has 2 rings (SSSR count). The van der Waals surface area contributed by atoms with Crippen molar-refractivity contribution in [2.24, 2.45) is 5.92 Å². The topological polar surface area (TPSA) is 52.6 Å². The summed E-state index contributed by atoms with van der Waals surface area (Å²) < 4.78 is 10.7. The molecule has 1 fully saturated rings. The number of fused-ring (bicyclic) bond motifs is 2. The highest BCUT2D eigenvalue weighted by molar-refractivity contribution is 6.10. The van der Waals surface area contributed by atoms with Gasteiger partial charge in [-0.05, 0) is 37.2 Å². The third-order valence-corrected chi connectivity index (χ3v) is 4.35. The highest BCUT2D eigenvalue weighted by Gasteiger charge is 2.41. The molecule has 22 heavy (non-hydrogen) atoms. The molecule has 0 aliphatic heterocycles. The van der Waals surface area contributed by atoms with Gasteiger partial charge in [0.25, 0.3) is 0 Å². The maximum Gasteiger partial charge on any atom is 0.338 e. The quantitative estimate of drug-likeness (QED) is 0.507. The molecule has 2 bridgehead atoms. The van der Waals surface area contributed by atoms with E-state index in [0.717, 1.165) is 49.7 Å². The minimum absolute atomic E-state index is 0.330. The summed E-state index contributed by atoms with van der Waals surface area (Å²) in [6.45, 7) is 7.02. The van der Waals surface area contributed by atoms with Gasteiger partial charge in [-0.15, -0.1) is 0 Å². The van der Waals surface area contributed by atoms with Crippen molar-refractivity contribution in [3.05, 3.63) is 22.3 Å². The fourth-order valence-corrected chi connectivity index (χ4v) is 3.07. The Morgan fingerprint density at radius 1 is 1.00 bits per heavy atom. The van der Waals surface area contributed by atoms with Crippen molar-refractivity contribution in [1.82, 2.24) is 0 Å². The molecule has 0 saturated heterocycles. The molecule has 0 aromatic rings. The molecule has 0 aromatic carbocycles. The van der Waals surface area contributed by atoms with Crippen molar-refractivity contribution < 1.29 is 19.1 Å². The number of unbranched alkanes of at least 4 members (excludes halogenated alkanes) is 2. The maximum absolute atomic E-state index is 12.4.